The number of carboxylic acid groups (broad SMARTS) is 1. The number of para-hydroxylation sites is 2. The highest BCUT2D eigenvalue weighted by molar-refractivity contribution is 5.98. The van der Waals surface area contributed by atoms with Crippen LogP contribution in [-0.4, -0.2) is 22.9 Å². The predicted octanol–water partition coefficient (Wildman–Crippen LogP) is 8.50. The number of rotatable bonds is 12. The Balaban J connectivity index is 1.79. The second-order valence-corrected chi connectivity index (χ2v) is 10.2. The van der Waals surface area contributed by atoms with Crippen LogP contribution in [0, 0.1) is 11.3 Å². The van der Waals surface area contributed by atoms with Gasteiger partial charge in [0, 0.05) is 12.1 Å². The van der Waals surface area contributed by atoms with Gasteiger partial charge in [-0.15, -0.1) is 0 Å². The number of aliphatic imine (C=N–C) groups is 1. The Morgan fingerprint density at radius 2 is 1.51 bits per heavy atom. The Bertz CT molecular complexity index is 1310. The van der Waals surface area contributed by atoms with E-state index in [1.54, 1.807) is 0 Å². The lowest BCUT2D eigenvalue weighted by molar-refractivity contribution is -0.154. The zero-order valence-corrected chi connectivity index (χ0v) is 23.4. The topological polar surface area (TPSA) is 68.1 Å². The lowest BCUT2D eigenvalue weighted by Gasteiger charge is -2.46. The molecule has 5 nitrogen and oxygen atoms in total. The molecular formula is C34H39NO4. The maximum Gasteiger partial charge on any atom is 0.318 e. The Morgan fingerprint density at radius 1 is 0.897 bits per heavy atom. The number of carboxylic acids is 1. The van der Waals surface area contributed by atoms with Crippen LogP contribution in [0.1, 0.15) is 58.9 Å². The number of aliphatic carboxylic acids is 1. The molecule has 204 valence electrons. The second-order valence-electron chi connectivity index (χ2n) is 10.2. The number of benzene rings is 3. The van der Waals surface area contributed by atoms with Crippen LogP contribution < -0.4 is 9.47 Å². The van der Waals surface area contributed by atoms with Crippen LogP contribution in [0.4, 0.5) is 0 Å². The van der Waals surface area contributed by atoms with Gasteiger partial charge < -0.3 is 14.6 Å². The average molecular weight is 526 g/mol. The molecule has 39 heavy (non-hydrogen) atoms. The van der Waals surface area contributed by atoms with E-state index in [0.29, 0.717) is 18.6 Å². The maximum absolute atomic E-state index is 13.5. The van der Waals surface area contributed by atoms with Gasteiger partial charge in [0.25, 0.3) is 0 Å². The van der Waals surface area contributed by atoms with Crippen LogP contribution in [0.15, 0.2) is 101 Å². The summed E-state index contributed by atoms with van der Waals surface area (Å²) < 4.78 is 12.6. The monoisotopic (exact) mass is 525 g/mol. The van der Waals surface area contributed by atoms with E-state index in [1.165, 1.54) is 0 Å². The third-order valence-electron chi connectivity index (χ3n) is 7.78. The van der Waals surface area contributed by atoms with E-state index in [1.807, 2.05) is 91.9 Å². The van der Waals surface area contributed by atoms with Crippen LogP contribution >= 0.6 is 0 Å². The zero-order chi connectivity index (χ0) is 27.8. The van der Waals surface area contributed by atoms with Crippen molar-refractivity contribution >= 4 is 11.7 Å². The molecule has 2 unspecified atom stereocenters. The van der Waals surface area contributed by atoms with Gasteiger partial charge in [0.1, 0.15) is 22.7 Å². The van der Waals surface area contributed by atoms with E-state index < -0.39 is 17.5 Å². The number of allylic oxidation sites excluding steroid dienone is 1. The van der Waals surface area contributed by atoms with Crippen LogP contribution in [0.25, 0.3) is 0 Å². The fourth-order valence-electron chi connectivity index (χ4n) is 5.86. The van der Waals surface area contributed by atoms with Crippen molar-refractivity contribution in [2.24, 2.45) is 16.3 Å². The average Bonchev–Trinajstić information content (AvgIpc) is 2.94. The fourth-order valence-corrected chi connectivity index (χ4v) is 5.86. The van der Waals surface area contributed by atoms with E-state index in [-0.39, 0.29) is 5.92 Å². The van der Waals surface area contributed by atoms with Crippen LogP contribution in [0.3, 0.4) is 0 Å². The molecule has 3 aromatic carbocycles. The van der Waals surface area contributed by atoms with Crippen molar-refractivity contribution < 1.29 is 19.4 Å². The van der Waals surface area contributed by atoms with Crippen LogP contribution in [-0.2, 0) is 11.2 Å². The minimum atomic E-state index is -1.22. The minimum Gasteiger partial charge on any atom is -0.483 e. The molecular weight excluding hydrogens is 486 g/mol. The molecule has 1 aliphatic rings. The van der Waals surface area contributed by atoms with Crippen molar-refractivity contribution in [2.75, 3.05) is 0 Å². The molecule has 3 aromatic rings. The SMILES string of the molecule is CCCC1=NC(Cc2cccc(Oc3ccccc3)c2)=C(C)C(C(=O)O)(C(CC)CC)C1Oc1ccccc1. The summed E-state index contributed by atoms with van der Waals surface area (Å²) in [4.78, 5) is 18.6. The minimum absolute atomic E-state index is 0.117. The Labute approximate surface area is 232 Å². The Kier molecular flexibility index (Phi) is 9.23. The largest absolute Gasteiger partial charge is 0.483 e. The first-order chi connectivity index (χ1) is 18.9. The Morgan fingerprint density at radius 3 is 2.10 bits per heavy atom. The number of hydrogen-bond acceptors (Lipinski definition) is 4. The van der Waals surface area contributed by atoms with Gasteiger partial charge in [-0.2, -0.15) is 0 Å². The first-order valence-electron chi connectivity index (χ1n) is 14.0. The smallest absolute Gasteiger partial charge is 0.318 e. The zero-order valence-electron chi connectivity index (χ0n) is 23.4. The molecule has 0 saturated heterocycles. The molecule has 1 aliphatic heterocycles. The molecule has 1 heterocycles. The normalized spacial score (nSPS) is 19.1. The van der Waals surface area contributed by atoms with E-state index in [0.717, 1.165) is 53.3 Å². The van der Waals surface area contributed by atoms with Crippen molar-refractivity contribution in [1.82, 2.24) is 0 Å². The third-order valence-corrected chi connectivity index (χ3v) is 7.78. The van der Waals surface area contributed by atoms with Gasteiger partial charge in [0.2, 0.25) is 0 Å². The van der Waals surface area contributed by atoms with Gasteiger partial charge in [-0.25, -0.2) is 0 Å². The lowest BCUT2D eigenvalue weighted by atomic mass is 9.61. The quantitative estimate of drug-likeness (QED) is 0.257. The molecule has 0 aromatic heterocycles. The van der Waals surface area contributed by atoms with Gasteiger partial charge in [-0.3, -0.25) is 9.79 Å². The summed E-state index contributed by atoms with van der Waals surface area (Å²) in [6.45, 7) is 8.18. The van der Waals surface area contributed by atoms with E-state index >= 15 is 0 Å². The van der Waals surface area contributed by atoms with E-state index in [2.05, 4.69) is 20.8 Å². The number of nitrogens with zero attached hydrogens (tertiary/aromatic N) is 1. The molecule has 2 atom stereocenters. The number of hydrogen-bond donors (Lipinski definition) is 1. The standard InChI is InChI=1S/C34H39NO4/c1-5-15-30-32(39-28-19-12-9-13-20-28)34(33(36)37,26(6-2)7-3)24(4)31(35-30)23-25-16-14-21-29(22-25)38-27-17-10-8-11-18-27/h8-14,16-22,26,32H,5-7,15,23H2,1-4H3,(H,36,37). The first kappa shape index (κ1) is 28.2. The molecule has 1 N–H and O–H groups in total. The van der Waals surface area contributed by atoms with Gasteiger partial charge in [-0.05, 0) is 66.8 Å². The molecule has 0 radical (unpaired) electrons. The number of ether oxygens (including phenoxy) is 2. The summed E-state index contributed by atoms with van der Waals surface area (Å²) in [5.74, 6) is 1.20. The maximum atomic E-state index is 13.5. The molecule has 0 bridgehead atoms. The summed E-state index contributed by atoms with van der Waals surface area (Å²) in [6, 6.07) is 27.1. The van der Waals surface area contributed by atoms with Crippen molar-refractivity contribution in [3.63, 3.8) is 0 Å². The van der Waals surface area contributed by atoms with Crippen molar-refractivity contribution in [1.29, 1.82) is 0 Å². The third kappa shape index (κ3) is 5.93. The highest BCUT2D eigenvalue weighted by atomic mass is 16.5. The molecule has 5 heteroatoms. The first-order valence-corrected chi connectivity index (χ1v) is 14.0. The lowest BCUT2D eigenvalue weighted by Crippen LogP contribution is -2.57. The molecule has 4 rings (SSSR count). The van der Waals surface area contributed by atoms with Crippen molar-refractivity contribution in [2.45, 2.75) is 65.9 Å². The Hall–Kier alpha value is -3.86. The van der Waals surface area contributed by atoms with Crippen molar-refractivity contribution in [3.05, 3.63) is 102 Å². The highest BCUT2D eigenvalue weighted by Crippen LogP contribution is 2.49. The fraction of sp³-hybridized carbons (Fsp3) is 0.353. The summed E-state index contributed by atoms with van der Waals surface area (Å²) in [7, 11) is 0. The molecule has 0 spiro atoms. The van der Waals surface area contributed by atoms with Crippen molar-refractivity contribution in [3.8, 4) is 17.2 Å². The predicted molar refractivity (Wildman–Crippen MR) is 157 cm³/mol. The summed E-state index contributed by atoms with van der Waals surface area (Å²) in [5.41, 5.74) is 2.17. The van der Waals surface area contributed by atoms with Gasteiger partial charge in [0.15, 0.2) is 6.10 Å². The van der Waals surface area contributed by atoms with Gasteiger partial charge in [-0.1, -0.05) is 88.6 Å². The van der Waals surface area contributed by atoms with Gasteiger partial charge in [0.05, 0.1) is 5.71 Å². The molecule has 0 saturated carbocycles. The van der Waals surface area contributed by atoms with Crippen LogP contribution in [0.5, 0.6) is 17.2 Å². The van der Waals surface area contributed by atoms with E-state index in [9.17, 15) is 9.90 Å². The number of carbonyl (C=O) groups is 1. The van der Waals surface area contributed by atoms with Gasteiger partial charge >= 0.3 is 5.97 Å². The van der Waals surface area contributed by atoms with E-state index in [4.69, 9.17) is 14.5 Å². The summed E-state index contributed by atoms with van der Waals surface area (Å²) in [5, 5.41) is 11.0. The molecule has 0 fully saturated rings. The highest BCUT2D eigenvalue weighted by Gasteiger charge is 2.57. The summed E-state index contributed by atoms with van der Waals surface area (Å²) >= 11 is 0. The molecule has 0 amide bonds. The second kappa shape index (κ2) is 12.8. The van der Waals surface area contributed by atoms with Crippen LogP contribution in [0.2, 0.25) is 0 Å². The molecule has 0 aliphatic carbocycles. The summed E-state index contributed by atoms with van der Waals surface area (Å²) in [6.07, 6.45) is 2.79.